The molecule has 0 aliphatic carbocycles. The summed E-state index contributed by atoms with van der Waals surface area (Å²) in [5.41, 5.74) is 0. The van der Waals surface area contributed by atoms with E-state index in [1.165, 1.54) is 7.11 Å². The second-order valence-corrected chi connectivity index (χ2v) is 5.57. The van der Waals surface area contributed by atoms with Gasteiger partial charge in [-0.1, -0.05) is 6.92 Å². The zero-order valence-electron chi connectivity index (χ0n) is 9.23. The third kappa shape index (κ3) is 3.91. The van der Waals surface area contributed by atoms with E-state index in [0.717, 1.165) is 19.4 Å². The quantitative estimate of drug-likeness (QED) is 0.673. The maximum Gasteiger partial charge on any atom is 0.309 e. The van der Waals surface area contributed by atoms with Gasteiger partial charge in [0.25, 0.3) is 0 Å². The van der Waals surface area contributed by atoms with Crippen LogP contribution in [0.15, 0.2) is 0 Å². The van der Waals surface area contributed by atoms with Gasteiger partial charge in [-0.2, -0.15) is 0 Å². The van der Waals surface area contributed by atoms with Crippen molar-refractivity contribution in [1.29, 1.82) is 0 Å². The molecule has 0 saturated carbocycles. The minimum Gasteiger partial charge on any atom is -0.469 e. The molecular weight excluding hydrogens is 216 g/mol. The van der Waals surface area contributed by atoms with Gasteiger partial charge in [-0.05, 0) is 12.8 Å². The molecule has 1 rings (SSSR count). The Balaban J connectivity index is 2.36. The van der Waals surface area contributed by atoms with Crippen molar-refractivity contribution in [2.75, 3.05) is 26.1 Å². The Morgan fingerprint density at radius 1 is 1.67 bits per heavy atom. The van der Waals surface area contributed by atoms with Crippen molar-refractivity contribution in [2.24, 2.45) is 5.92 Å². The molecule has 3 atom stereocenters. The molecule has 0 bridgehead atoms. The molecular formula is C10H18O4S. The molecule has 4 nitrogen and oxygen atoms in total. The summed E-state index contributed by atoms with van der Waals surface area (Å²) in [6.07, 6.45) is 1.89. The lowest BCUT2D eigenvalue weighted by Crippen LogP contribution is -2.31. The van der Waals surface area contributed by atoms with E-state index < -0.39 is 10.8 Å². The van der Waals surface area contributed by atoms with Crippen molar-refractivity contribution in [3.63, 3.8) is 0 Å². The van der Waals surface area contributed by atoms with Gasteiger partial charge in [-0.3, -0.25) is 9.00 Å². The summed E-state index contributed by atoms with van der Waals surface area (Å²) < 4.78 is 21.7. The topological polar surface area (TPSA) is 52.6 Å². The summed E-state index contributed by atoms with van der Waals surface area (Å²) in [6.45, 7) is 3.06. The Labute approximate surface area is 92.8 Å². The van der Waals surface area contributed by atoms with Crippen LogP contribution in [0.25, 0.3) is 0 Å². The molecule has 88 valence electrons. The van der Waals surface area contributed by atoms with Crippen LogP contribution in [0.4, 0.5) is 0 Å². The molecule has 1 saturated heterocycles. The molecule has 0 radical (unpaired) electrons. The van der Waals surface area contributed by atoms with Crippen LogP contribution in [-0.2, 0) is 25.1 Å². The highest BCUT2D eigenvalue weighted by Crippen LogP contribution is 2.14. The van der Waals surface area contributed by atoms with Crippen molar-refractivity contribution in [3.8, 4) is 0 Å². The largest absolute Gasteiger partial charge is 0.469 e. The summed E-state index contributed by atoms with van der Waals surface area (Å²) in [4.78, 5) is 11.1. The molecule has 15 heavy (non-hydrogen) atoms. The number of carbonyl (C=O) groups is 1. The van der Waals surface area contributed by atoms with Crippen molar-refractivity contribution < 1.29 is 18.5 Å². The fourth-order valence-corrected chi connectivity index (χ4v) is 3.15. The predicted octanol–water partition coefficient (Wildman–Crippen LogP) is 0.723. The van der Waals surface area contributed by atoms with Crippen molar-refractivity contribution in [1.82, 2.24) is 0 Å². The van der Waals surface area contributed by atoms with Gasteiger partial charge in [0, 0.05) is 23.2 Å². The summed E-state index contributed by atoms with van der Waals surface area (Å²) in [7, 11) is 0.368. The highest BCUT2D eigenvalue weighted by atomic mass is 32.2. The van der Waals surface area contributed by atoms with Gasteiger partial charge in [-0.25, -0.2) is 0 Å². The third-order valence-electron chi connectivity index (χ3n) is 2.51. The van der Waals surface area contributed by atoms with Crippen molar-refractivity contribution in [2.45, 2.75) is 25.0 Å². The van der Waals surface area contributed by atoms with Crippen LogP contribution in [0.2, 0.25) is 0 Å². The number of carbonyl (C=O) groups excluding carboxylic acids is 1. The number of esters is 1. The van der Waals surface area contributed by atoms with Gasteiger partial charge in [-0.15, -0.1) is 0 Å². The van der Waals surface area contributed by atoms with Gasteiger partial charge in [0.05, 0.1) is 24.9 Å². The smallest absolute Gasteiger partial charge is 0.309 e. The van der Waals surface area contributed by atoms with Crippen LogP contribution in [0, 0.1) is 5.92 Å². The van der Waals surface area contributed by atoms with Crippen LogP contribution in [0.3, 0.4) is 0 Å². The fraction of sp³-hybridized carbons (Fsp3) is 0.900. The maximum atomic E-state index is 11.9. The third-order valence-corrected chi connectivity index (χ3v) is 4.45. The molecule has 0 aromatic rings. The number of hydrogen-bond donors (Lipinski definition) is 0. The molecule has 0 aromatic heterocycles. The first-order valence-corrected chi connectivity index (χ1v) is 6.56. The molecule has 0 aromatic carbocycles. The number of methoxy groups -OCH3 is 1. The van der Waals surface area contributed by atoms with Gasteiger partial charge in [0.1, 0.15) is 0 Å². The monoisotopic (exact) mass is 234 g/mol. The lowest BCUT2D eigenvalue weighted by Gasteiger charge is -2.22. The van der Waals surface area contributed by atoms with E-state index >= 15 is 0 Å². The molecule has 5 heteroatoms. The Bertz CT molecular complexity index is 236. The first-order valence-electron chi connectivity index (χ1n) is 5.18. The maximum absolute atomic E-state index is 11.9. The zero-order valence-corrected chi connectivity index (χ0v) is 10.0. The summed E-state index contributed by atoms with van der Waals surface area (Å²) >= 11 is 0. The Morgan fingerprint density at radius 2 is 2.40 bits per heavy atom. The van der Waals surface area contributed by atoms with Gasteiger partial charge < -0.3 is 9.47 Å². The molecule has 0 spiro atoms. The highest BCUT2D eigenvalue weighted by molar-refractivity contribution is 7.85. The number of hydrogen-bond acceptors (Lipinski definition) is 4. The van der Waals surface area contributed by atoms with Crippen LogP contribution in [0.5, 0.6) is 0 Å². The van der Waals surface area contributed by atoms with E-state index in [-0.39, 0.29) is 17.1 Å². The van der Waals surface area contributed by atoms with E-state index in [1.54, 1.807) is 6.92 Å². The lowest BCUT2D eigenvalue weighted by atomic mass is 10.2. The standard InChI is InChI=1S/C10H18O4S/c1-8(10(11)13-2)7-15(12)9-4-3-5-14-6-9/h8-9H,3-7H2,1-2H3. The second kappa shape index (κ2) is 6.23. The van der Waals surface area contributed by atoms with E-state index in [1.807, 2.05) is 0 Å². The van der Waals surface area contributed by atoms with Crippen molar-refractivity contribution in [3.05, 3.63) is 0 Å². The SMILES string of the molecule is COC(=O)C(C)CS(=O)C1CCCOC1. The molecule has 1 aliphatic heterocycles. The summed E-state index contributed by atoms with van der Waals surface area (Å²) in [5.74, 6) is -0.210. The fourth-order valence-electron chi connectivity index (χ4n) is 1.57. The highest BCUT2D eigenvalue weighted by Gasteiger charge is 2.24. The summed E-state index contributed by atoms with van der Waals surface area (Å²) in [6, 6.07) is 0. The predicted molar refractivity (Wildman–Crippen MR) is 58.0 cm³/mol. The average Bonchev–Trinajstić information content (AvgIpc) is 2.29. The van der Waals surface area contributed by atoms with E-state index in [9.17, 15) is 9.00 Å². The molecule has 0 N–H and O–H groups in total. The Morgan fingerprint density at radius 3 is 2.93 bits per heavy atom. The molecule has 1 heterocycles. The van der Waals surface area contributed by atoms with Gasteiger partial charge in [0.15, 0.2) is 0 Å². The summed E-state index contributed by atoms with van der Waals surface area (Å²) in [5, 5.41) is 0.0888. The second-order valence-electron chi connectivity index (χ2n) is 3.81. The molecule has 3 unspecified atom stereocenters. The van der Waals surface area contributed by atoms with E-state index in [4.69, 9.17) is 4.74 Å². The average molecular weight is 234 g/mol. The Kier molecular flexibility index (Phi) is 5.25. The van der Waals surface area contributed by atoms with E-state index in [2.05, 4.69) is 4.74 Å². The Hall–Kier alpha value is -0.420. The van der Waals surface area contributed by atoms with Crippen LogP contribution >= 0.6 is 0 Å². The molecule has 1 fully saturated rings. The van der Waals surface area contributed by atoms with Gasteiger partial charge in [0.2, 0.25) is 0 Å². The van der Waals surface area contributed by atoms with E-state index in [0.29, 0.717) is 12.4 Å². The van der Waals surface area contributed by atoms with Crippen LogP contribution in [0.1, 0.15) is 19.8 Å². The van der Waals surface area contributed by atoms with Gasteiger partial charge >= 0.3 is 5.97 Å². The lowest BCUT2D eigenvalue weighted by molar-refractivity contribution is -0.144. The number of rotatable bonds is 4. The minimum atomic E-state index is -0.985. The molecule has 1 aliphatic rings. The zero-order chi connectivity index (χ0) is 11.3. The first kappa shape index (κ1) is 12.6. The first-order chi connectivity index (χ1) is 7.15. The molecule has 0 amide bonds. The van der Waals surface area contributed by atoms with Crippen molar-refractivity contribution >= 4 is 16.8 Å². The van der Waals surface area contributed by atoms with Crippen LogP contribution < -0.4 is 0 Å². The normalized spacial score (nSPS) is 25.6. The number of ether oxygens (including phenoxy) is 2. The minimum absolute atomic E-state index is 0.0888. The van der Waals surface area contributed by atoms with Crippen LogP contribution in [-0.4, -0.2) is 41.5 Å².